The zero-order valence-corrected chi connectivity index (χ0v) is 18.4. The van der Waals surface area contributed by atoms with Crippen molar-refractivity contribution in [2.75, 3.05) is 19.4 Å². The molecule has 31 heavy (non-hydrogen) atoms. The molecule has 12 heteroatoms. The molecule has 166 valence electrons. The number of hydrogen-bond acceptors (Lipinski definition) is 8. The lowest BCUT2D eigenvalue weighted by molar-refractivity contribution is -0.388. The number of thioether (sulfide) groups is 1. The van der Waals surface area contributed by atoms with Crippen molar-refractivity contribution in [1.82, 2.24) is 10.0 Å². The average molecular weight is 468 g/mol. The predicted molar refractivity (Wildman–Crippen MR) is 114 cm³/mol. The van der Waals surface area contributed by atoms with E-state index in [4.69, 9.17) is 4.74 Å². The van der Waals surface area contributed by atoms with Crippen LogP contribution in [0.5, 0.6) is 0 Å². The van der Waals surface area contributed by atoms with Gasteiger partial charge < -0.3 is 10.1 Å². The molecule has 0 aliphatic carbocycles. The molecule has 0 spiro atoms. The number of hydrogen-bond donors (Lipinski definition) is 2. The normalized spacial score (nSPS) is 12.1. The van der Waals surface area contributed by atoms with E-state index in [1.807, 2.05) is 35.1 Å². The molecule has 10 nitrogen and oxygen atoms in total. The van der Waals surface area contributed by atoms with Crippen molar-refractivity contribution in [1.29, 1.82) is 0 Å². The Bertz CT molecular complexity index is 1060. The average Bonchev–Trinajstić information content (AvgIpc) is 2.76. The van der Waals surface area contributed by atoms with Gasteiger partial charge in [-0.15, -0.1) is 11.8 Å². The third-order valence-electron chi connectivity index (χ3n) is 4.11. The van der Waals surface area contributed by atoms with Gasteiger partial charge in [0.15, 0.2) is 6.61 Å². The minimum Gasteiger partial charge on any atom is -0.455 e. The fourth-order valence-corrected chi connectivity index (χ4v) is 4.06. The van der Waals surface area contributed by atoms with Crippen LogP contribution in [0.25, 0.3) is 0 Å². The summed E-state index contributed by atoms with van der Waals surface area (Å²) in [6.07, 6.45) is 1.63. The van der Waals surface area contributed by atoms with Crippen molar-refractivity contribution in [3.05, 3.63) is 64.2 Å². The Labute approximate surface area is 183 Å². The van der Waals surface area contributed by atoms with Crippen LogP contribution in [-0.2, 0) is 24.3 Å². The van der Waals surface area contributed by atoms with Crippen molar-refractivity contribution in [3.8, 4) is 0 Å². The minimum atomic E-state index is -4.20. The van der Waals surface area contributed by atoms with E-state index in [-0.39, 0.29) is 16.6 Å². The molecule has 2 rings (SSSR count). The Balaban J connectivity index is 1.88. The van der Waals surface area contributed by atoms with E-state index in [1.54, 1.807) is 13.2 Å². The second kappa shape index (κ2) is 10.9. The Hall–Kier alpha value is -2.96. The number of carbonyl (C=O) groups excluding carboxylic acids is 2. The van der Waals surface area contributed by atoms with Crippen molar-refractivity contribution in [3.63, 3.8) is 0 Å². The van der Waals surface area contributed by atoms with Crippen LogP contribution in [0, 0.1) is 10.1 Å². The number of carbonyl (C=O) groups is 2. The molecule has 1 amide bonds. The number of amides is 1. The molecule has 0 saturated heterocycles. The summed E-state index contributed by atoms with van der Waals surface area (Å²) >= 11 is 1.10. The number of esters is 1. The van der Waals surface area contributed by atoms with Gasteiger partial charge in [-0.1, -0.05) is 30.3 Å². The number of benzene rings is 2. The molecule has 0 fully saturated rings. The first-order valence-corrected chi connectivity index (χ1v) is 11.7. The molecule has 0 heterocycles. The van der Waals surface area contributed by atoms with Crippen molar-refractivity contribution >= 4 is 39.3 Å². The molecule has 0 saturated carbocycles. The van der Waals surface area contributed by atoms with E-state index >= 15 is 0 Å². The lowest BCUT2D eigenvalue weighted by atomic mass is 10.1. The van der Waals surface area contributed by atoms with Crippen LogP contribution in [0.4, 0.5) is 5.69 Å². The van der Waals surface area contributed by atoms with Crippen LogP contribution in [-0.4, -0.2) is 44.6 Å². The van der Waals surface area contributed by atoms with Gasteiger partial charge in [-0.2, -0.15) is 4.72 Å². The first kappa shape index (κ1) is 24.3. The molecule has 2 aromatic carbocycles. The van der Waals surface area contributed by atoms with Crippen molar-refractivity contribution < 1.29 is 27.7 Å². The SMILES string of the molecule is CSc1ccc(S(=O)(=O)NCC(=O)OCC(=O)NC(C)c2ccccc2)cc1[N+](=O)[O-]. The highest BCUT2D eigenvalue weighted by Gasteiger charge is 2.22. The lowest BCUT2D eigenvalue weighted by Crippen LogP contribution is -2.34. The topological polar surface area (TPSA) is 145 Å². The largest absolute Gasteiger partial charge is 0.455 e. The lowest BCUT2D eigenvalue weighted by Gasteiger charge is -2.14. The van der Waals surface area contributed by atoms with Crippen molar-refractivity contribution in [2.24, 2.45) is 0 Å². The highest BCUT2D eigenvalue weighted by Crippen LogP contribution is 2.29. The predicted octanol–water partition coefficient (Wildman–Crippen LogP) is 2.02. The Kier molecular flexibility index (Phi) is 8.54. The summed E-state index contributed by atoms with van der Waals surface area (Å²) in [5.41, 5.74) is 0.513. The summed E-state index contributed by atoms with van der Waals surface area (Å²) in [5.74, 6) is -1.52. The van der Waals surface area contributed by atoms with E-state index in [0.717, 1.165) is 23.4 Å². The molecule has 0 aliphatic rings. The zero-order chi connectivity index (χ0) is 23.0. The Morgan fingerprint density at radius 2 is 1.87 bits per heavy atom. The fraction of sp³-hybridized carbons (Fsp3) is 0.263. The smallest absolute Gasteiger partial charge is 0.321 e. The van der Waals surface area contributed by atoms with E-state index in [0.29, 0.717) is 4.90 Å². The van der Waals surface area contributed by atoms with Gasteiger partial charge in [0.25, 0.3) is 11.6 Å². The minimum absolute atomic E-state index is 0.300. The standard InChI is InChI=1S/C19H21N3O7S2/c1-13(14-6-4-3-5-7-14)21-18(23)12-29-19(24)11-20-31(27,28)15-8-9-17(30-2)16(10-15)22(25)26/h3-10,13,20H,11-12H2,1-2H3,(H,21,23). The van der Waals surface area contributed by atoms with Gasteiger partial charge in [-0.3, -0.25) is 19.7 Å². The second-order valence-corrected chi connectivity index (χ2v) is 8.89. The number of ether oxygens (including phenoxy) is 1. The number of nitrogens with one attached hydrogen (secondary N) is 2. The monoisotopic (exact) mass is 467 g/mol. The molecular formula is C19H21N3O7S2. The maximum absolute atomic E-state index is 12.3. The van der Waals surface area contributed by atoms with Gasteiger partial charge in [0, 0.05) is 6.07 Å². The molecule has 1 atom stereocenters. The quantitative estimate of drug-likeness (QED) is 0.234. The first-order valence-electron chi connectivity index (χ1n) is 8.96. The maximum atomic E-state index is 12.3. The number of nitro benzene ring substituents is 1. The molecule has 0 aromatic heterocycles. The number of rotatable bonds is 10. The molecule has 0 bridgehead atoms. The molecular weight excluding hydrogens is 446 g/mol. The van der Waals surface area contributed by atoms with E-state index in [1.165, 1.54) is 12.1 Å². The molecule has 0 radical (unpaired) electrons. The van der Waals surface area contributed by atoms with Crippen LogP contribution >= 0.6 is 11.8 Å². The Morgan fingerprint density at radius 3 is 2.48 bits per heavy atom. The number of nitrogens with zero attached hydrogens (tertiary/aromatic N) is 1. The number of nitro groups is 1. The maximum Gasteiger partial charge on any atom is 0.321 e. The third kappa shape index (κ3) is 7.05. The van der Waals surface area contributed by atoms with Crippen molar-refractivity contribution in [2.45, 2.75) is 22.8 Å². The highest BCUT2D eigenvalue weighted by atomic mass is 32.2. The van der Waals surface area contributed by atoms with Gasteiger partial charge in [-0.05, 0) is 30.9 Å². The summed E-state index contributed by atoms with van der Waals surface area (Å²) in [7, 11) is -4.20. The fourth-order valence-electron chi connectivity index (χ4n) is 2.52. The van der Waals surface area contributed by atoms with E-state index < -0.39 is 40.0 Å². The summed E-state index contributed by atoms with van der Waals surface area (Å²) < 4.78 is 31.4. The number of sulfonamides is 1. The van der Waals surface area contributed by atoms with Gasteiger partial charge in [0.05, 0.1) is 20.8 Å². The zero-order valence-electron chi connectivity index (χ0n) is 16.7. The van der Waals surface area contributed by atoms with Crippen LogP contribution in [0.2, 0.25) is 0 Å². The van der Waals surface area contributed by atoms with Gasteiger partial charge >= 0.3 is 5.97 Å². The summed E-state index contributed by atoms with van der Waals surface area (Å²) in [6, 6.07) is 12.3. The molecule has 1 unspecified atom stereocenters. The Morgan fingerprint density at radius 1 is 1.19 bits per heavy atom. The summed E-state index contributed by atoms with van der Waals surface area (Å²) in [5, 5.41) is 13.8. The molecule has 0 aliphatic heterocycles. The first-order chi connectivity index (χ1) is 14.6. The second-order valence-electron chi connectivity index (χ2n) is 6.28. The van der Waals surface area contributed by atoms with Gasteiger partial charge in [0.1, 0.15) is 6.54 Å². The van der Waals surface area contributed by atoms with Gasteiger partial charge in [0.2, 0.25) is 10.0 Å². The molecule has 2 N–H and O–H groups in total. The van der Waals surface area contributed by atoms with E-state index in [9.17, 15) is 28.1 Å². The van der Waals surface area contributed by atoms with Crippen LogP contribution in [0.3, 0.4) is 0 Å². The van der Waals surface area contributed by atoms with Crippen LogP contribution in [0.1, 0.15) is 18.5 Å². The van der Waals surface area contributed by atoms with E-state index in [2.05, 4.69) is 5.32 Å². The highest BCUT2D eigenvalue weighted by molar-refractivity contribution is 7.98. The summed E-state index contributed by atoms with van der Waals surface area (Å²) in [4.78, 5) is 34.1. The third-order valence-corrected chi connectivity index (χ3v) is 6.29. The molecule has 2 aromatic rings. The summed E-state index contributed by atoms with van der Waals surface area (Å²) in [6.45, 7) is 0.457. The van der Waals surface area contributed by atoms with Crippen LogP contribution < -0.4 is 10.0 Å². The van der Waals surface area contributed by atoms with Gasteiger partial charge in [-0.25, -0.2) is 8.42 Å². The van der Waals surface area contributed by atoms with Crippen LogP contribution in [0.15, 0.2) is 58.3 Å².